The lowest BCUT2D eigenvalue weighted by Gasteiger charge is -2.24. The second-order valence-corrected chi connectivity index (χ2v) is 5.12. The van der Waals surface area contributed by atoms with E-state index in [0.717, 1.165) is 11.1 Å². The number of carbonyl (C=O) groups excluding carboxylic acids is 1. The molecule has 1 aliphatic heterocycles. The van der Waals surface area contributed by atoms with Crippen LogP contribution in [-0.4, -0.2) is 18.4 Å². The second kappa shape index (κ2) is 5.58. The maximum atomic E-state index is 12.0. The van der Waals surface area contributed by atoms with Crippen molar-refractivity contribution in [1.29, 1.82) is 0 Å². The summed E-state index contributed by atoms with van der Waals surface area (Å²) in [4.78, 5) is 12.0. The van der Waals surface area contributed by atoms with Gasteiger partial charge in [0.2, 0.25) is 5.90 Å². The van der Waals surface area contributed by atoms with Gasteiger partial charge in [-0.25, -0.2) is 0 Å². The summed E-state index contributed by atoms with van der Waals surface area (Å²) < 4.78 is 5.42. The lowest BCUT2D eigenvalue weighted by Crippen LogP contribution is -2.37. The molecule has 0 N–H and O–H groups in total. The predicted molar refractivity (Wildman–Crippen MR) is 82.6 cm³/mol. The Labute approximate surface area is 127 Å². The summed E-state index contributed by atoms with van der Waals surface area (Å²) in [6, 6.07) is 14.9. The number of benzene rings is 2. The molecule has 0 bridgehead atoms. The molecule has 2 aromatic carbocycles. The molecule has 4 nitrogen and oxygen atoms in total. The Morgan fingerprint density at radius 3 is 2.57 bits per heavy atom. The van der Waals surface area contributed by atoms with Gasteiger partial charge in [0, 0.05) is 5.56 Å². The van der Waals surface area contributed by atoms with E-state index >= 15 is 0 Å². The molecule has 0 atom stereocenters. The molecule has 0 aromatic heterocycles. The summed E-state index contributed by atoms with van der Waals surface area (Å²) in [7, 11) is 0. The van der Waals surface area contributed by atoms with Gasteiger partial charge in [0.15, 0.2) is 6.61 Å². The van der Waals surface area contributed by atoms with Gasteiger partial charge >= 0.3 is 0 Å². The van der Waals surface area contributed by atoms with Crippen molar-refractivity contribution < 1.29 is 9.53 Å². The largest absolute Gasteiger partial charge is 0.466 e. The number of carbonyl (C=O) groups is 1. The Bertz CT molecular complexity index is 710. The number of nitrogens with zero attached hydrogens (tertiary/aromatic N) is 2. The van der Waals surface area contributed by atoms with Crippen molar-refractivity contribution in [3.8, 4) is 0 Å². The number of ether oxygens (including phenoxy) is 1. The summed E-state index contributed by atoms with van der Waals surface area (Å²) in [5.41, 5.74) is 2.52. The van der Waals surface area contributed by atoms with Gasteiger partial charge in [0.1, 0.15) is 0 Å². The van der Waals surface area contributed by atoms with Gasteiger partial charge in [-0.1, -0.05) is 41.4 Å². The molecule has 5 heteroatoms. The third kappa shape index (κ3) is 2.76. The average Bonchev–Trinajstić information content (AvgIpc) is 2.50. The summed E-state index contributed by atoms with van der Waals surface area (Å²) in [5, 5.41) is 6.05. The molecule has 0 saturated heterocycles. The SMILES string of the molecule is Cc1ccc(C2=NN(c3ccccc3Cl)C(=O)CO2)cc1. The zero-order chi connectivity index (χ0) is 14.8. The van der Waals surface area contributed by atoms with Gasteiger partial charge in [-0.15, -0.1) is 5.10 Å². The van der Waals surface area contributed by atoms with E-state index in [-0.39, 0.29) is 12.5 Å². The van der Waals surface area contributed by atoms with Gasteiger partial charge in [0.05, 0.1) is 10.7 Å². The van der Waals surface area contributed by atoms with Crippen molar-refractivity contribution in [2.75, 3.05) is 11.6 Å². The summed E-state index contributed by atoms with van der Waals surface area (Å²) in [5.74, 6) is 0.161. The van der Waals surface area contributed by atoms with Crippen LogP contribution in [-0.2, 0) is 9.53 Å². The number of anilines is 1. The number of para-hydroxylation sites is 1. The average molecular weight is 301 g/mol. The van der Waals surface area contributed by atoms with Crippen LogP contribution in [0, 0.1) is 6.92 Å². The van der Waals surface area contributed by atoms with Crippen molar-refractivity contribution >= 4 is 29.1 Å². The van der Waals surface area contributed by atoms with Gasteiger partial charge in [-0.2, -0.15) is 5.01 Å². The van der Waals surface area contributed by atoms with Crippen LogP contribution in [0.1, 0.15) is 11.1 Å². The molecule has 0 radical (unpaired) electrons. The van der Waals surface area contributed by atoms with Crippen molar-refractivity contribution in [1.82, 2.24) is 0 Å². The Hall–Kier alpha value is -2.33. The molecule has 21 heavy (non-hydrogen) atoms. The fourth-order valence-corrected chi connectivity index (χ4v) is 2.23. The summed E-state index contributed by atoms with van der Waals surface area (Å²) in [6.45, 7) is 1.95. The van der Waals surface area contributed by atoms with Crippen LogP contribution in [0.5, 0.6) is 0 Å². The van der Waals surface area contributed by atoms with Crippen molar-refractivity contribution in [2.45, 2.75) is 6.92 Å². The van der Waals surface area contributed by atoms with E-state index in [2.05, 4.69) is 5.10 Å². The highest BCUT2D eigenvalue weighted by molar-refractivity contribution is 6.33. The summed E-state index contributed by atoms with van der Waals surface area (Å²) >= 11 is 6.13. The van der Waals surface area contributed by atoms with Gasteiger partial charge in [-0.3, -0.25) is 4.79 Å². The Morgan fingerprint density at radius 1 is 1.14 bits per heavy atom. The first-order valence-corrected chi connectivity index (χ1v) is 6.89. The predicted octanol–water partition coefficient (Wildman–Crippen LogP) is 3.37. The minimum Gasteiger partial charge on any atom is -0.466 e. The van der Waals surface area contributed by atoms with Gasteiger partial charge in [-0.05, 0) is 31.2 Å². The minimum atomic E-state index is -0.251. The van der Waals surface area contributed by atoms with E-state index in [1.165, 1.54) is 5.01 Å². The third-order valence-electron chi connectivity index (χ3n) is 3.14. The first kappa shape index (κ1) is 13.6. The van der Waals surface area contributed by atoms with Crippen molar-refractivity contribution in [3.63, 3.8) is 0 Å². The lowest BCUT2D eigenvalue weighted by atomic mass is 10.1. The van der Waals surface area contributed by atoms with Crippen LogP contribution in [0.15, 0.2) is 53.6 Å². The topological polar surface area (TPSA) is 41.9 Å². The molecule has 0 spiro atoms. The molecule has 3 rings (SSSR count). The highest BCUT2D eigenvalue weighted by Crippen LogP contribution is 2.27. The quantitative estimate of drug-likeness (QED) is 0.853. The maximum absolute atomic E-state index is 12.0. The smallest absolute Gasteiger partial charge is 0.285 e. The summed E-state index contributed by atoms with van der Waals surface area (Å²) in [6.07, 6.45) is 0. The fourth-order valence-electron chi connectivity index (χ4n) is 2.02. The standard InChI is InChI=1S/C16H13ClN2O2/c1-11-6-8-12(9-7-11)16-18-19(15(20)10-21-16)14-5-3-2-4-13(14)17/h2-9H,10H2,1H3. The van der Waals surface area contributed by atoms with E-state index < -0.39 is 0 Å². The maximum Gasteiger partial charge on any atom is 0.285 e. The first-order chi connectivity index (χ1) is 10.1. The second-order valence-electron chi connectivity index (χ2n) is 4.72. The van der Waals surface area contributed by atoms with Crippen LogP contribution in [0.2, 0.25) is 5.02 Å². The molecule has 1 heterocycles. The Morgan fingerprint density at radius 2 is 1.86 bits per heavy atom. The molecule has 1 amide bonds. The fraction of sp³-hybridized carbons (Fsp3) is 0.125. The number of aryl methyl sites for hydroxylation is 1. The number of amides is 1. The zero-order valence-electron chi connectivity index (χ0n) is 11.4. The molecule has 106 valence electrons. The van der Waals surface area contributed by atoms with Gasteiger partial charge < -0.3 is 4.74 Å². The number of halogens is 1. The van der Waals surface area contributed by atoms with Crippen LogP contribution < -0.4 is 5.01 Å². The molecule has 0 aliphatic carbocycles. The molecular weight excluding hydrogens is 288 g/mol. The Balaban J connectivity index is 2.00. The van der Waals surface area contributed by atoms with E-state index in [9.17, 15) is 4.79 Å². The monoisotopic (exact) mass is 300 g/mol. The minimum absolute atomic E-state index is 0.0576. The van der Waals surface area contributed by atoms with E-state index in [0.29, 0.717) is 16.6 Å². The zero-order valence-corrected chi connectivity index (χ0v) is 12.2. The van der Waals surface area contributed by atoms with Crippen molar-refractivity contribution in [3.05, 3.63) is 64.7 Å². The highest BCUT2D eigenvalue weighted by Gasteiger charge is 2.25. The Kier molecular flexibility index (Phi) is 3.62. The van der Waals surface area contributed by atoms with Crippen LogP contribution >= 0.6 is 11.6 Å². The lowest BCUT2D eigenvalue weighted by molar-refractivity contribution is -0.121. The third-order valence-corrected chi connectivity index (χ3v) is 3.46. The van der Waals surface area contributed by atoms with Gasteiger partial charge in [0.25, 0.3) is 5.91 Å². The molecule has 0 saturated carbocycles. The number of rotatable bonds is 2. The molecule has 0 fully saturated rings. The number of hydrogen-bond donors (Lipinski definition) is 0. The molecular formula is C16H13ClN2O2. The van der Waals surface area contributed by atoms with Crippen LogP contribution in [0.25, 0.3) is 0 Å². The molecule has 1 aliphatic rings. The highest BCUT2D eigenvalue weighted by atomic mass is 35.5. The number of hydrogen-bond acceptors (Lipinski definition) is 3. The van der Waals surface area contributed by atoms with Crippen LogP contribution in [0.4, 0.5) is 5.69 Å². The van der Waals surface area contributed by atoms with E-state index in [1.54, 1.807) is 18.2 Å². The van der Waals surface area contributed by atoms with Crippen molar-refractivity contribution in [2.24, 2.45) is 5.10 Å². The van der Waals surface area contributed by atoms with E-state index in [1.807, 2.05) is 37.3 Å². The van der Waals surface area contributed by atoms with E-state index in [4.69, 9.17) is 16.3 Å². The molecule has 2 aromatic rings. The van der Waals surface area contributed by atoms with Crippen LogP contribution in [0.3, 0.4) is 0 Å². The first-order valence-electron chi connectivity index (χ1n) is 6.51. The molecule has 0 unspecified atom stereocenters. The number of hydrazone groups is 1. The normalized spacial score (nSPS) is 14.7.